The molecule has 2 unspecified atom stereocenters. The van der Waals surface area contributed by atoms with Crippen LogP contribution in [0.15, 0.2) is 18.3 Å². The monoisotopic (exact) mass is 260 g/mol. The van der Waals surface area contributed by atoms with E-state index in [-0.39, 0.29) is 11.6 Å². The summed E-state index contributed by atoms with van der Waals surface area (Å²) >= 11 is 0. The van der Waals surface area contributed by atoms with Gasteiger partial charge in [-0.2, -0.15) is 13.2 Å². The molecule has 0 aliphatic carbocycles. The standard InChI is InChI=1S/C12H15F3N2O/c1-8-11(2,5-6-18-8)17-10-4-3-9(7-16-10)12(13,14)15/h3-4,7-8H,5-6H2,1-2H3,(H,16,17). The van der Waals surface area contributed by atoms with Gasteiger partial charge in [0.25, 0.3) is 0 Å². The highest BCUT2D eigenvalue weighted by Gasteiger charge is 2.37. The molecule has 1 saturated heterocycles. The Morgan fingerprint density at radius 3 is 2.61 bits per heavy atom. The molecular weight excluding hydrogens is 245 g/mol. The Hall–Kier alpha value is -1.30. The van der Waals surface area contributed by atoms with Crippen molar-refractivity contribution in [3.8, 4) is 0 Å². The number of alkyl halides is 3. The molecule has 1 fully saturated rings. The van der Waals surface area contributed by atoms with Crippen LogP contribution in [0.25, 0.3) is 0 Å². The topological polar surface area (TPSA) is 34.1 Å². The molecule has 18 heavy (non-hydrogen) atoms. The fourth-order valence-electron chi connectivity index (χ4n) is 1.93. The van der Waals surface area contributed by atoms with Crippen molar-refractivity contribution in [2.24, 2.45) is 0 Å². The largest absolute Gasteiger partial charge is 0.417 e. The van der Waals surface area contributed by atoms with E-state index in [0.29, 0.717) is 12.4 Å². The van der Waals surface area contributed by atoms with Gasteiger partial charge in [-0.3, -0.25) is 0 Å². The summed E-state index contributed by atoms with van der Waals surface area (Å²) in [5, 5.41) is 3.14. The van der Waals surface area contributed by atoms with Gasteiger partial charge in [0.1, 0.15) is 5.82 Å². The lowest BCUT2D eigenvalue weighted by Crippen LogP contribution is -2.41. The number of halogens is 3. The molecule has 1 N–H and O–H groups in total. The van der Waals surface area contributed by atoms with Crippen LogP contribution >= 0.6 is 0 Å². The lowest BCUT2D eigenvalue weighted by Gasteiger charge is -2.29. The van der Waals surface area contributed by atoms with Gasteiger partial charge >= 0.3 is 6.18 Å². The van der Waals surface area contributed by atoms with E-state index >= 15 is 0 Å². The van der Waals surface area contributed by atoms with Crippen molar-refractivity contribution in [1.29, 1.82) is 0 Å². The number of hydrogen-bond donors (Lipinski definition) is 1. The number of aromatic nitrogens is 1. The van der Waals surface area contributed by atoms with Crippen LogP contribution in [0.1, 0.15) is 25.8 Å². The zero-order valence-corrected chi connectivity index (χ0v) is 10.2. The highest BCUT2D eigenvalue weighted by Crippen LogP contribution is 2.31. The van der Waals surface area contributed by atoms with Crippen molar-refractivity contribution >= 4 is 5.82 Å². The molecule has 1 aromatic rings. The quantitative estimate of drug-likeness (QED) is 0.887. The van der Waals surface area contributed by atoms with E-state index in [0.717, 1.165) is 18.7 Å². The molecule has 0 radical (unpaired) electrons. The van der Waals surface area contributed by atoms with Gasteiger partial charge < -0.3 is 10.1 Å². The second-order valence-electron chi connectivity index (χ2n) is 4.74. The summed E-state index contributed by atoms with van der Waals surface area (Å²) in [5.41, 5.74) is -1.03. The Balaban J connectivity index is 2.11. The normalized spacial score (nSPS) is 28.4. The highest BCUT2D eigenvalue weighted by molar-refractivity contribution is 5.39. The first-order valence-corrected chi connectivity index (χ1v) is 5.74. The van der Waals surface area contributed by atoms with Gasteiger partial charge in [0.2, 0.25) is 0 Å². The first-order chi connectivity index (χ1) is 8.31. The fraction of sp³-hybridized carbons (Fsp3) is 0.583. The Labute approximate surface area is 103 Å². The molecule has 1 aliphatic heterocycles. The van der Waals surface area contributed by atoms with Crippen molar-refractivity contribution in [3.63, 3.8) is 0 Å². The van der Waals surface area contributed by atoms with E-state index in [1.165, 1.54) is 6.07 Å². The summed E-state index contributed by atoms with van der Waals surface area (Å²) in [4.78, 5) is 3.80. The lowest BCUT2D eigenvalue weighted by molar-refractivity contribution is -0.137. The van der Waals surface area contributed by atoms with Crippen molar-refractivity contribution in [2.75, 3.05) is 11.9 Å². The molecular formula is C12H15F3N2O. The van der Waals surface area contributed by atoms with E-state index in [1.54, 1.807) is 0 Å². The molecule has 2 atom stereocenters. The van der Waals surface area contributed by atoms with Gasteiger partial charge in [0.15, 0.2) is 0 Å². The van der Waals surface area contributed by atoms with Crippen molar-refractivity contribution in [1.82, 2.24) is 4.98 Å². The van der Waals surface area contributed by atoms with E-state index in [2.05, 4.69) is 10.3 Å². The number of nitrogens with zero attached hydrogens (tertiary/aromatic N) is 1. The maximum atomic E-state index is 12.4. The Bertz CT molecular complexity index is 418. The molecule has 100 valence electrons. The average molecular weight is 260 g/mol. The first kappa shape index (κ1) is 13.1. The maximum absolute atomic E-state index is 12.4. The third kappa shape index (κ3) is 2.58. The van der Waals surface area contributed by atoms with Crippen molar-refractivity contribution < 1.29 is 17.9 Å². The molecule has 0 aromatic carbocycles. The molecule has 0 amide bonds. The summed E-state index contributed by atoms with van der Waals surface area (Å²) in [6.45, 7) is 4.55. The average Bonchev–Trinajstić information content (AvgIpc) is 2.58. The number of hydrogen-bond acceptors (Lipinski definition) is 3. The number of ether oxygens (including phenoxy) is 1. The number of rotatable bonds is 2. The van der Waals surface area contributed by atoms with E-state index in [9.17, 15) is 13.2 Å². The van der Waals surface area contributed by atoms with Gasteiger partial charge in [-0.1, -0.05) is 0 Å². The van der Waals surface area contributed by atoms with Crippen LogP contribution in [0.2, 0.25) is 0 Å². The summed E-state index contributed by atoms with van der Waals surface area (Å²) in [5.74, 6) is 0.433. The van der Waals surface area contributed by atoms with Crippen LogP contribution in [-0.4, -0.2) is 23.2 Å². The van der Waals surface area contributed by atoms with Gasteiger partial charge in [-0.25, -0.2) is 4.98 Å². The van der Waals surface area contributed by atoms with Crippen LogP contribution in [-0.2, 0) is 10.9 Å². The van der Waals surface area contributed by atoms with Crippen LogP contribution in [0.5, 0.6) is 0 Å². The highest BCUT2D eigenvalue weighted by atomic mass is 19.4. The smallest absolute Gasteiger partial charge is 0.376 e. The summed E-state index contributed by atoms with van der Waals surface area (Å²) in [6, 6.07) is 2.37. The van der Waals surface area contributed by atoms with Gasteiger partial charge in [-0.15, -0.1) is 0 Å². The van der Waals surface area contributed by atoms with Crippen molar-refractivity contribution in [3.05, 3.63) is 23.9 Å². The zero-order chi connectivity index (χ0) is 13.4. The first-order valence-electron chi connectivity index (χ1n) is 5.74. The Morgan fingerprint density at radius 1 is 1.44 bits per heavy atom. The van der Waals surface area contributed by atoms with E-state index < -0.39 is 11.7 Å². The second kappa shape index (κ2) is 4.42. The third-order valence-electron chi connectivity index (χ3n) is 3.39. The summed E-state index contributed by atoms with van der Waals surface area (Å²) in [7, 11) is 0. The Morgan fingerprint density at radius 2 is 2.17 bits per heavy atom. The molecule has 1 aromatic heterocycles. The molecule has 3 nitrogen and oxygen atoms in total. The minimum Gasteiger partial charge on any atom is -0.376 e. The predicted molar refractivity (Wildman–Crippen MR) is 61.3 cm³/mol. The van der Waals surface area contributed by atoms with Gasteiger partial charge in [0, 0.05) is 12.8 Å². The van der Waals surface area contributed by atoms with Gasteiger partial charge in [-0.05, 0) is 32.4 Å². The minimum atomic E-state index is -4.35. The molecule has 0 bridgehead atoms. The maximum Gasteiger partial charge on any atom is 0.417 e. The second-order valence-corrected chi connectivity index (χ2v) is 4.74. The number of anilines is 1. The molecule has 2 heterocycles. The number of pyridine rings is 1. The predicted octanol–water partition coefficient (Wildman–Crippen LogP) is 3.08. The SMILES string of the molecule is CC1OCCC1(C)Nc1ccc(C(F)(F)F)cn1. The summed E-state index contributed by atoms with van der Waals surface area (Å²) < 4.78 is 42.6. The van der Waals surface area contributed by atoms with Crippen LogP contribution in [0, 0.1) is 0 Å². The third-order valence-corrected chi connectivity index (χ3v) is 3.39. The lowest BCUT2D eigenvalue weighted by atomic mass is 9.95. The molecule has 0 spiro atoms. The fourth-order valence-corrected chi connectivity index (χ4v) is 1.93. The van der Waals surface area contributed by atoms with Gasteiger partial charge in [0.05, 0.1) is 17.2 Å². The Kier molecular flexibility index (Phi) is 3.23. The molecule has 0 saturated carbocycles. The molecule has 1 aliphatic rings. The van der Waals surface area contributed by atoms with E-state index in [1.807, 2.05) is 13.8 Å². The minimum absolute atomic E-state index is 0.00147. The van der Waals surface area contributed by atoms with Crippen molar-refractivity contribution in [2.45, 2.75) is 38.1 Å². The molecule has 2 rings (SSSR count). The molecule has 6 heteroatoms. The zero-order valence-electron chi connectivity index (χ0n) is 10.2. The van der Waals surface area contributed by atoms with Crippen LogP contribution in [0.4, 0.5) is 19.0 Å². The number of nitrogens with one attached hydrogen (secondary N) is 1. The summed E-state index contributed by atoms with van der Waals surface area (Å²) in [6.07, 6.45) is -2.70. The van der Waals surface area contributed by atoms with Crippen LogP contribution < -0.4 is 5.32 Å². The van der Waals surface area contributed by atoms with Crippen LogP contribution in [0.3, 0.4) is 0 Å². The van der Waals surface area contributed by atoms with E-state index in [4.69, 9.17) is 4.74 Å².